The summed E-state index contributed by atoms with van der Waals surface area (Å²) in [6.45, 7) is 3.70. The van der Waals surface area contributed by atoms with E-state index >= 15 is 0 Å². The van der Waals surface area contributed by atoms with E-state index < -0.39 is 0 Å². The minimum absolute atomic E-state index is 0.188. The summed E-state index contributed by atoms with van der Waals surface area (Å²) in [4.78, 5) is 6.66. The van der Waals surface area contributed by atoms with Gasteiger partial charge in [-0.3, -0.25) is 4.90 Å². The first-order valence-electron chi connectivity index (χ1n) is 7.00. The van der Waals surface area contributed by atoms with Crippen LogP contribution in [-0.2, 0) is 13.0 Å². The number of hydrogen-bond donors (Lipinski definition) is 1. The Bertz CT molecular complexity index is 350. The summed E-state index contributed by atoms with van der Waals surface area (Å²) in [6, 6.07) is 0.586. The van der Waals surface area contributed by atoms with E-state index in [4.69, 9.17) is 9.63 Å². The number of rotatable bonds is 8. The summed E-state index contributed by atoms with van der Waals surface area (Å²) in [7, 11) is 0. The van der Waals surface area contributed by atoms with Crippen molar-refractivity contribution in [3.8, 4) is 0 Å². The highest BCUT2D eigenvalue weighted by Crippen LogP contribution is 2.25. The fourth-order valence-electron chi connectivity index (χ4n) is 2.24. The van der Waals surface area contributed by atoms with Crippen molar-refractivity contribution >= 4 is 0 Å². The van der Waals surface area contributed by atoms with Crippen LogP contribution in [0.25, 0.3) is 0 Å². The van der Waals surface area contributed by atoms with Crippen molar-refractivity contribution in [2.75, 3.05) is 13.2 Å². The normalized spacial score (nSPS) is 16.2. The van der Waals surface area contributed by atoms with Gasteiger partial charge in [-0.2, -0.15) is 4.98 Å². The second-order valence-corrected chi connectivity index (χ2v) is 4.99. The molecule has 1 fully saturated rings. The highest BCUT2D eigenvalue weighted by Gasteiger charge is 2.25. The van der Waals surface area contributed by atoms with Gasteiger partial charge >= 0.3 is 0 Å². The zero-order valence-corrected chi connectivity index (χ0v) is 11.1. The first-order chi connectivity index (χ1) is 8.83. The predicted molar refractivity (Wildman–Crippen MR) is 68.0 cm³/mol. The molecule has 5 heteroatoms. The standard InChI is InChI=1S/C13H23N3O2/c1-2-3-7-12-14-13(18-15-12)10-16(8-9-17)11-5-4-6-11/h11,17H,2-10H2,1H3. The third-order valence-corrected chi connectivity index (χ3v) is 3.58. The van der Waals surface area contributed by atoms with Crippen molar-refractivity contribution < 1.29 is 9.63 Å². The van der Waals surface area contributed by atoms with Gasteiger partial charge in [-0.1, -0.05) is 24.9 Å². The molecule has 1 saturated carbocycles. The fraction of sp³-hybridized carbons (Fsp3) is 0.846. The third kappa shape index (κ3) is 3.53. The molecule has 1 aromatic heterocycles. The van der Waals surface area contributed by atoms with Gasteiger partial charge in [0.25, 0.3) is 0 Å². The van der Waals surface area contributed by atoms with E-state index in [0.29, 0.717) is 25.0 Å². The van der Waals surface area contributed by atoms with Crippen molar-refractivity contribution in [1.82, 2.24) is 15.0 Å². The number of unbranched alkanes of at least 4 members (excludes halogenated alkanes) is 1. The zero-order chi connectivity index (χ0) is 12.8. The molecule has 0 aromatic carbocycles. The van der Waals surface area contributed by atoms with E-state index in [1.807, 2.05) is 0 Å². The lowest BCUT2D eigenvalue weighted by molar-refractivity contribution is 0.0838. The van der Waals surface area contributed by atoms with Gasteiger partial charge in [-0.15, -0.1) is 0 Å². The van der Waals surface area contributed by atoms with E-state index in [0.717, 1.165) is 25.1 Å². The van der Waals surface area contributed by atoms with Crippen LogP contribution in [0.4, 0.5) is 0 Å². The Morgan fingerprint density at radius 2 is 2.28 bits per heavy atom. The molecule has 0 spiro atoms. The lowest BCUT2D eigenvalue weighted by atomic mass is 9.91. The minimum atomic E-state index is 0.188. The molecular formula is C13H23N3O2. The maximum atomic E-state index is 9.10. The molecule has 0 unspecified atom stereocenters. The molecule has 0 radical (unpaired) electrons. The van der Waals surface area contributed by atoms with Gasteiger partial charge in [-0.05, 0) is 19.3 Å². The fourth-order valence-corrected chi connectivity index (χ4v) is 2.24. The van der Waals surface area contributed by atoms with Crippen molar-refractivity contribution in [2.45, 2.75) is 58.0 Å². The van der Waals surface area contributed by atoms with Gasteiger partial charge in [-0.25, -0.2) is 0 Å². The molecule has 2 rings (SSSR count). The Morgan fingerprint density at radius 1 is 1.44 bits per heavy atom. The van der Waals surface area contributed by atoms with Crippen LogP contribution in [0.1, 0.15) is 50.7 Å². The summed E-state index contributed by atoms with van der Waals surface area (Å²) in [5, 5.41) is 13.1. The molecule has 1 aliphatic carbocycles. The van der Waals surface area contributed by atoms with Crippen LogP contribution in [0.5, 0.6) is 0 Å². The molecule has 18 heavy (non-hydrogen) atoms. The molecule has 0 aliphatic heterocycles. The second-order valence-electron chi connectivity index (χ2n) is 4.99. The SMILES string of the molecule is CCCCc1noc(CN(CCO)C2CCC2)n1. The largest absolute Gasteiger partial charge is 0.395 e. The maximum Gasteiger partial charge on any atom is 0.240 e. The van der Waals surface area contributed by atoms with Crippen molar-refractivity contribution in [2.24, 2.45) is 0 Å². The van der Waals surface area contributed by atoms with Crippen LogP contribution in [0, 0.1) is 0 Å². The molecule has 0 atom stereocenters. The molecule has 5 nitrogen and oxygen atoms in total. The van der Waals surface area contributed by atoms with E-state index in [1.165, 1.54) is 19.3 Å². The summed E-state index contributed by atoms with van der Waals surface area (Å²) < 4.78 is 5.27. The quantitative estimate of drug-likeness (QED) is 0.765. The van der Waals surface area contributed by atoms with Crippen LogP contribution in [0.15, 0.2) is 4.52 Å². The van der Waals surface area contributed by atoms with Crippen molar-refractivity contribution in [3.05, 3.63) is 11.7 Å². The Hall–Kier alpha value is -0.940. The minimum Gasteiger partial charge on any atom is -0.395 e. The molecule has 0 bridgehead atoms. The lowest BCUT2D eigenvalue weighted by Gasteiger charge is -2.36. The van der Waals surface area contributed by atoms with Crippen molar-refractivity contribution in [3.63, 3.8) is 0 Å². The number of aliphatic hydroxyl groups is 1. The molecule has 102 valence electrons. The first-order valence-corrected chi connectivity index (χ1v) is 7.00. The smallest absolute Gasteiger partial charge is 0.240 e. The Morgan fingerprint density at radius 3 is 2.89 bits per heavy atom. The molecular weight excluding hydrogens is 230 g/mol. The first kappa shape index (κ1) is 13.5. The van der Waals surface area contributed by atoms with Crippen LogP contribution >= 0.6 is 0 Å². The number of aliphatic hydroxyl groups excluding tert-OH is 1. The van der Waals surface area contributed by atoms with Gasteiger partial charge in [0.2, 0.25) is 5.89 Å². The van der Waals surface area contributed by atoms with Gasteiger partial charge in [0, 0.05) is 19.0 Å². The molecule has 1 aromatic rings. The number of nitrogens with zero attached hydrogens (tertiary/aromatic N) is 3. The van der Waals surface area contributed by atoms with Gasteiger partial charge in [0.1, 0.15) is 0 Å². The third-order valence-electron chi connectivity index (χ3n) is 3.58. The predicted octanol–water partition coefficient (Wildman–Crippen LogP) is 1.76. The Balaban J connectivity index is 1.87. The second kappa shape index (κ2) is 6.85. The van der Waals surface area contributed by atoms with Crippen LogP contribution in [0.3, 0.4) is 0 Å². The molecule has 1 aliphatic rings. The number of hydrogen-bond acceptors (Lipinski definition) is 5. The maximum absolute atomic E-state index is 9.10. The summed E-state index contributed by atoms with van der Waals surface area (Å²) in [5.74, 6) is 1.49. The monoisotopic (exact) mass is 253 g/mol. The van der Waals surface area contributed by atoms with E-state index in [1.54, 1.807) is 0 Å². The Labute approximate surface area is 108 Å². The average Bonchev–Trinajstić information content (AvgIpc) is 2.72. The summed E-state index contributed by atoms with van der Waals surface area (Å²) in [5.41, 5.74) is 0. The summed E-state index contributed by atoms with van der Waals surface area (Å²) >= 11 is 0. The lowest BCUT2D eigenvalue weighted by Crippen LogP contribution is -2.41. The van der Waals surface area contributed by atoms with Gasteiger partial charge in [0.05, 0.1) is 13.2 Å². The Kier molecular flexibility index (Phi) is 5.13. The van der Waals surface area contributed by atoms with Crippen molar-refractivity contribution in [1.29, 1.82) is 0 Å². The molecule has 0 amide bonds. The van der Waals surface area contributed by atoms with Gasteiger partial charge < -0.3 is 9.63 Å². The highest BCUT2D eigenvalue weighted by molar-refractivity contribution is 4.89. The highest BCUT2D eigenvalue weighted by atomic mass is 16.5. The van der Waals surface area contributed by atoms with Crippen LogP contribution in [-0.4, -0.2) is 39.3 Å². The topological polar surface area (TPSA) is 62.4 Å². The van der Waals surface area contributed by atoms with E-state index in [2.05, 4.69) is 22.0 Å². The summed E-state index contributed by atoms with van der Waals surface area (Å²) in [6.07, 6.45) is 6.86. The molecule has 1 N–H and O–H groups in total. The number of aryl methyl sites for hydroxylation is 1. The molecule has 0 saturated heterocycles. The van der Waals surface area contributed by atoms with Crippen LogP contribution < -0.4 is 0 Å². The van der Waals surface area contributed by atoms with E-state index in [9.17, 15) is 0 Å². The average molecular weight is 253 g/mol. The number of aromatic nitrogens is 2. The van der Waals surface area contributed by atoms with E-state index in [-0.39, 0.29) is 6.61 Å². The van der Waals surface area contributed by atoms with Crippen LogP contribution in [0.2, 0.25) is 0 Å². The van der Waals surface area contributed by atoms with Gasteiger partial charge in [0.15, 0.2) is 5.82 Å². The zero-order valence-electron chi connectivity index (χ0n) is 11.1. The molecule has 1 heterocycles.